The third-order valence-electron chi connectivity index (χ3n) is 4.04. The lowest BCUT2D eigenvalue weighted by atomic mass is 10.1. The molecule has 0 N–H and O–H groups in total. The summed E-state index contributed by atoms with van der Waals surface area (Å²) >= 11 is 0. The van der Waals surface area contributed by atoms with E-state index in [2.05, 4.69) is 20.8 Å². The summed E-state index contributed by atoms with van der Waals surface area (Å²) < 4.78 is 11.7. The van der Waals surface area contributed by atoms with Crippen LogP contribution in [-0.4, -0.2) is 19.5 Å². The number of hydrogen-bond donors (Lipinski definition) is 0. The molecule has 0 aliphatic heterocycles. The molecule has 22 heavy (non-hydrogen) atoms. The van der Waals surface area contributed by atoms with E-state index in [0.29, 0.717) is 0 Å². The standard InChI is InChI=1S/C20H41O2/c1-4-7-9-11-13-15-18-21-20(17-6-3)22-19-16-14-12-10-8-5-2/h20H,3-19H2,1-2H3. The Kier molecular flexibility index (Phi) is 18.9. The van der Waals surface area contributed by atoms with Gasteiger partial charge in [0, 0.05) is 13.2 Å². The van der Waals surface area contributed by atoms with Crippen molar-refractivity contribution in [3.8, 4) is 0 Å². The van der Waals surface area contributed by atoms with Crippen LogP contribution in [0.4, 0.5) is 0 Å². The molecule has 0 rings (SSSR count). The molecule has 1 radical (unpaired) electrons. The van der Waals surface area contributed by atoms with E-state index in [1.807, 2.05) is 0 Å². The number of unbranched alkanes of at least 4 members (excludes halogenated alkanes) is 10. The quantitative estimate of drug-likeness (QED) is 0.207. The Balaban J connectivity index is 3.44. The Labute approximate surface area is 140 Å². The first-order valence-corrected chi connectivity index (χ1v) is 9.87. The molecule has 0 atom stereocenters. The average Bonchev–Trinajstić information content (AvgIpc) is 2.53. The van der Waals surface area contributed by atoms with Gasteiger partial charge in [0.05, 0.1) is 0 Å². The average molecular weight is 314 g/mol. The highest BCUT2D eigenvalue weighted by atomic mass is 16.7. The maximum Gasteiger partial charge on any atom is 0.157 e. The fourth-order valence-corrected chi connectivity index (χ4v) is 2.58. The second-order valence-electron chi connectivity index (χ2n) is 6.35. The number of rotatable bonds is 18. The van der Waals surface area contributed by atoms with Crippen LogP contribution >= 0.6 is 0 Å². The van der Waals surface area contributed by atoms with E-state index in [9.17, 15) is 0 Å². The van der Waals surface area contributed by atoms with Crippen LogP contribution in [0.5, 0.6) is 0 Å². The molecule has 2 nitrogen and oxygen atoms in total. The molecule has 0 bridgehead atoms. The van der Waals surface area contributed by atoms with Crippen LogP contribution < -0.4 is 0 Å². The van der Waals surface area contributed by atoms with Gasteiger partial charge in [-0.15, -0.1) is 0 Å². The first-order chi connectivity index (χ1) is 10.8. The van der Waals surface area contributed by atoms with Gasteiger partial charge in [-0.3, -0.25) is 0 Å². The monoisotopic (exact) mass is 313 g/mol. The summed E-state index contributed by atoms with van der Waals surface area (Å²) in [4.78, 5) is 0. The van der Waals surface area contributed by atoms with Crippen molar-refractivity contribution in [1.82, 2.24) is 0 Å². The van der Waals surface area contributed by atoms with Crippen molar-refractivity contribution >= 4 is 0 Å². The van der Waals surface area contributed by atoms with E-state index in [-0.39, 0.29) is 6.29 Å². The van der Waals surface area contributed by atoms with Crippen molar-refractivity contribution in [3.05, 3.63) is 6.92 Å². The van der Waals surface area contributed by atoms with E-state index >= 15 is 0 Å². The summed E-state index contributed by atoms with van der Waals surface area (Å²) in [5, 5.41) is 0. The Morgan fingerprint density at radius 2 is 1.05 bits per heavy atom. The first-order valence-electron chi connectivity index (χ1n) is 9.87. The van der Waals surface area contributed by atoms with Crippen LogP contribution in [0.3, 0.4) is 0 Å². The Bertz CT molecular complexity index is 176. The number of ether oxygens (including phenoxy) is 2. The van der Waals surface area contributed by atoms with E-state index in [0.717, 1.165) is 38.9 Å². The highest BCUT2D eigenvalue weighted by Crippen LogP contribution is 2.10. The third-order valence-corrected chi connectivity index (χ3v) is 4.04. The normalized spacial score (nSPS) is 11.5. The predicted octanol–water partition coefficient (Wildman–Crippen LogP) is 6.68. The Morgan fingerprint density at radius 1 is 0.636 bits per heavy atom. The lowest BCUT2D eigenvalue weighted by Gasteiger charge is -2.18. The minimum absolute atomic E-state index is 0.0243. The largest absolute Gasteiger partial charge is 0.353 e. The smallest absolute Gasteiger partial charge is 0.157 e. The molecule has 0 aliphatic rings. The van der Waals surface area contributed by atoms with Crippen LogP contribution in [0.15, 0.2) is 0 Å². The highest BCUT2D eigenvalue weighted by molar-refractivity contribution is 4.51. The SMILES string of the molecule is [CH2]CCC(OCCCCCCCC)OCCCCCCCC. The lowest BCUT2D eigenvalue weighted by Crippen LogP contribution is -2.18. The molecule has 0 saturated carbocycles. The summed E-state index contributed by atoms with van der Waals surface area (Å²) in [5.74, 6) is 0. The van der Waals surface area contributed by atoms with Crippen LogP contribution in [0.2, 0.25) is 0 Å². The fraction of sp³-hybridized carbons (Fsp3) is 0.950. The van der Waals surface area contributed by atoms with Gasteiger partial charge in [-0.05, 0) is 25.7 Å². The van der Waals surface area contributed by atoms with Crippen LogP contribution in [0.1, 0.15) is 104 Å². The molecule has 0 heterocycles. The van der Waals surface area contributed by atoms with Gasteiger partial charge in [-0.25, -0.2) is 0 Å². The van der Waals surface area contributed by atoms with Gasteiger partial charge in [0.25, 0.3) is 0 Å². The molecule has 0 aromatic rings. The zero-order chi connectivity index (χ0) is 16.3. The molecular formula is C20H41O2. The Morgan fingerprint density at radius 3 is 1.45 bits per heavy atom. The molecule has 2 heteroatoms. The maximum absolute atomic E-state index is 5.87. The highest BCUT2D eigenvalue weighted by Gasteiger charge is 2.07. The van der Waals surface area contributed by atoms with Gasteiger partial charge in [-0.2, -0.15) is 0 Å². The van der Waals surface area contributed by atoms with Crippen molar-refractivity contribution in [2.24, 2.45) is 0 Å². The molecule has 0 aromatic carbocycles. The minimum atomic E-state index is -0.0243. The fourth-order valence-electron chi connectivity index (χ4n) is 2.58. The van der Waals surface area contributed by atoms with Gasteiger partial charge >= 0.3 is 0 Å². The molecular weight excluding hydrogens is 272 g/mol. The predicted molar refractivity (Wildman–Crippen MR) is 97.0 cm³/mol. The molecule has 0 fully saturated rings. The van der Waals surface area contributed by atoms with Crippen molar-refractivity contribution in [1.29, 1.82) is 0 Å². The van der Waals surface area contributed by atoms with E-state index < -0.39 is 0 Å². The summed E-state index contributed by atoms with van der Waals surface area (Å²) in [6.07, 6.45) is 17.5. The zero-order valence-corrected chi connectivity index (χ0v) is 15.4. The van der Waals surface area contributed by atoms with E-state index in [1.54, 1.807) is 0 Å². The second kappa shape index (κ2) is 19.0. The molecule has 0 aromatic heterocycles. The molecule has 133 valence electrons. The van der Waals surface area contributed by atoms with Gasteiger partial charge in [-0.1, -0.05) is 85.0 Å². The number of hydrogen-bond acceptors (Lipinski definition) is 2. The van der Waals surface area contributed by atoms with Crippen molar-refractivity contribution in [2.75, 3.05) is 13.2 Å². The Hall–Kier alpha value is -0.0800. The van der Waals surface area contributed by atoms with Crippen molar-refractivity contribution in [3.63, 3.8) is 0 Å². The molecule has 0 saturated heterocycles. The maximum atomic E-state index is 5.87. The zero-order valence-electron chi connectivity index (χ0n) is 15.4. The summed E-state index contributed by atoms with van der Waals surface area (Å²) in [6.45, 7) is 10.1. The van der Waals surface area contributed by atoms with Crippen molar-refractivity contribution < 1.29 is 9.47 Å². The van der Waals surface area contributed by atoms with Gasteiger partial charge < -0.3 is 9.47 Å². The lowest BCUT2D eigenvalue weighted by molar-refractivity contribution is -0.146. The van der Waals surface area contributed by atoms with E-state index in [1.165, 1.54) is 64.2 Å². The van der Waals surface area contributed by atoms with Gasteiger partial charge in [0.1, 0.15) is 0 Å². The van der Waals surface area contributed by atoms with Crippen LogP contribution in [0, 0.1) is 6.92 Å². The van der Waals surface area contributed by atoms with Crippen LogP contribution in [0.25, 0.3) is 0 Å². The van der Waals surface area contributed by atoms with Crippen molar-refractivity contribution in [2.45, 2.75) is 110 Å². The first kappa shape index (κ1) is 21.9. The summed E-state index contributed by atoms with van der Waals surface area (Å²) in [5.41, 5.74) is 0. The van der Waals surface area contributed by atoms with Gasteiger partial charge in [0.15, 0.2) is 6.29 Å². The van der Waals surface area contributed by atoms with Crippen LogP contribution in [-0.2, 0) is 9.47 Å². The summed E-state index contributed by atoms with van der Waals surface area (Å²) in [6, 6.07) is 0. The van der Waals surface area contributed by atoms with E-state index in [4.69, 9.17) is 9.47 Å². The topological polar surface area (TPSA) is 18.5 Å². The third kappa shape index (κ3) is 16.3. The van der Waals surface area contributed by atoms with Gasteiger partial charge in [0.2, 0.25) is 0 Å². The minimum Gasteiger partial charge on any atom is -0.353 e. The molecule has 0 unspecified atom stereocenters. The summed E-state index contributed by atoms with van der Waals surface area (Å²) in [7, 11) is 0. The molecule has 0 amide bonds. The molecule has 0 aliphatic carbocycles. The second-order valence-corrected chi connectivity index (χ2v) is 6.35. The molecule has 0 spiro atoms.